The molecule has 0 bridgehead atoms. The Morgan fingerprint density at radius 2 is 2.00 bits per heavy atom. The van der Waals surface area contributed by atoms with E-state index in [9.17, 15) is 9.59 Å². The maximum Gasteiger partial charge on any atom is 0.341 e. The third kappa shape index (κ3) is 4.51. The molecule has 1 atom stereocenters. The Balaban J connectivity index is 1.81. The molecule has 136 valence electrons. The number of rotatable bonds is 5. The topological polar surface area (TPSA) is 66.8 Å². The smallest absolute Gasteiger partial charge is 0.341 e. The number of thioether (sulfide) groups is 1. The molecule has 0 radical (unpaired) electrons. The van der Waals surface area contributed by atoms with Crippen LogP contribution < -0.4 is 4.74 Å². The zero-order chi connectivity index (χ0) is 18.5. The van der Waals surface area contributed by atoms with E-state index >= 15 is 0 Å². The van der Waals surface area contributed by atoms with E-state index in [4.69, 9.17) is 21.4 Å². The van der Waals surface area contributed by atoms with E-state index in [1.807, 2.05) is 40.9 Å². The Kier molecular flexibility index (Phi) is 6.06. The number of carbonyl (C=O) groups excluding carboxylic acids is 1. The molecule has 3 rings (SSSR count). The number of benzene rings is 2. The highest BCUT2D eigenvalue weighted by Crippen LogP contribution is 2.32. The van der Waals surface area contributed by atoms with Crippen LogP contribution in [0.2, 0.25) is 5.02 Å². The van der Waals surface area contributed by atoms with Crippen molar-refractivity contribution in [3.05, 3.63) is 64.7 Å². The second-order valence-corrected chi connectivity index (χ2v) is 7.44. The molecule has 2 aromatic rings. The summed E-state index contributed by atoms with van der Waals surface area (Å²) in [5.41, 5.74) is 1.53. The number of hydrogen-bond acceptors (Lipinski definition) is 4. The summed E-state index contributed by atoms with van der Waals surface area (Å²) in [5.74, 6) is 0.921. The van der Waals surface area contributed by atoms with Gasteiger partial charge in [-0.25, -0.2) is 4.79 Å². The monoisotopic (exact) mass is 391 g/mol. The van der Waals surface area contributed by atoms with Gasteiger partial charge in [-0.05, 0) is 35.9 Å². The van der Waals surface area contributed by atoms with Crippen molar-refractivity contribution in [2.24, 2.45) is 0 Å². The number of amides is 1. The number of hydrogen-bond donors (Lipinski definition) is 1. The molecule has 1 heterocycles. The van der Waals surface area contributed by atoms with Gasteiger partial charge in [0.25, 0.3) is 5.91 Å². The first-order chi connectivity index (χ1) is 12.5. The lowest BCUT2D eigenvalue weighted by Crippen LogP contribution is -2.40. The van der Waals surface area contributed by atoms with Crippen LogP contribution in [0.15, 0.2) is 48.5 Å². The molecule has 0 aliphatic carbocycles. The zero-order valence-corrected chi connectivity index (χ0v) is 15.5. The van der Waals surface area contributed by atoms with E-state index in [1.54, 1.807) is 24.3 Å². The van der Waals surface area contributed by atoms with Gasteiger partial charge in [0, 0.05) is 28.6 Å². The highest BCUT2D eigenvalue weighted by atomic mass is 35.5. The van der Waals surface area contributed by atoms with E-state index < -0.39 is 12.6 Å². The predicted octanol–water partition coefficient (Wildman–Crippen LogP) is 3.73. The zero-order valence-electron chi connectivity index (χ0n) is 13.9. The van der Waals surface area contributed by atoms with Crippen LogP contribution >= 0.6 is 23.4 Å². The van der Waals surface area contributed by atoms with Crippen molar-refractivity contribution in [1.29, 1.82) is 0 Å². The fourth-order valence-electron chi connectivity index (χ4n) is 2.84. The molecule has 1 aliphatic heterocycles. The largest absolute Gasteiger partial charge is 0.482 e. The van der Waals surface area contributed by atoms with Gasteiger partial charge in [0.05, 0.1) is 6.04 Å². The van der Waals surface area contributed by atoms with Gasteiger partial charge in [-0.1, -0.05) is 29.8 Å². The molecule has 1 fully saturated rings. The highest BCUT2D eigenvalue weighted by molar-refractivity contribution is 7.99. The summed E-state index contributed by atoms with van der Waals surface area (Å²) in [6.45, 7) is 0.211. The Morgan fingerprint density at radius 1 is 1.23 bits per heavy atom. The van der Waals surface area contributed by atoms with Gasteiger partial charge in [-0.15, -0.1) is 0 Å². The molecular formula is C19H18ClNO4S. The van der Waals surface area contributed by atoms with Gasteiger partial charge >= 0.3 is 5.97 Å². The van der Waals surface area contributed by atoms with Gasteiger partial charge in [-0.3, -0.25) is 4.79 Å². The van der Waals surface area contributed by atoms with Crippen molar-refractivity contribution in [2.75, 3.05) is 24.7 Å². The van der Waals surface area contributed by atoms with E-state index in [-0.39, 0.29) is 11.9 Å². The number of carboxylic acids is 1. The normalized spacial score (nSPS) is 17.0. The summed E-state index contributed by atoms with van der Waals surface area (Å²) in [7, 11) is 0. The minimum atomic E-state index is -1.06. The second-order valence-electron chi connectivity index (χ2n) is 5.85. The maximum atomic E-state index is 13.1. The Labute approximate surface area is 160 Å². The quantitative estimate of drug-likeness (QED) is 0.841. The van der Waals surface area contributed by atoms with Crippen LogP contribution in [-0.4, -0.2) is 46.5 Å². The molecule has 1 N–H and O–H groups in total. The lowest BCUT2D eigenvalue weighted by Gasteiger charge is -2.36. The van der Waals surface area contributed by atoms with Gasteiger partial charge in [0.15, 0.2) is 6.61 Å². The first-order valence-electron chi connectivity index (χ1n) is 8.13. The third-order valence-corrected chi connectivity index (χ3v) is 5.36. The van der Waals surface area contributed by atoms with Crippen molar-refractivity contribution < 1.29 is 19.4 Å². The number of aliphatic carboxylic acids is 1. The van der Waals surface area contributed by atoms with E-state index in [0.29, 0.717) is 22.9 Å². The van der Waals surface area contributed by atoms with Gasteiger partial charge in [0.2, 0.25) is 0 Å². The summed E-state index contributed by atoms with van der Waals surface area (Å²) in [5, 5.41) is 9.39. The number of carboxylic acid groups (broad SMARTS) is 1. The Bertz CT molecular complexity index is 796. The second kappa shape index (κ2) is 8.47. The van der Waals surface area contributed by atoms with Crippen LogP contribution in [-0.2, 0) is 4.79 Å². The molecule has 26 heavy (non-hydrogen) atoms. The average molecular weight is 392 g/mol. The predicted molar refractivity (Wildman–Crippen MR) is 102 cm³/mol. The van der Waals surface area contributed by atoms with Crippen LogP contribution in [0.3, 0.4) is 0 Å². The molecule has 2 aromatic carbocycles. The van der Waals surface area contributed by atoms with Gasteiger partial charge in [0.1, 0.15) is 5.75 Å². The standard InChI is InChI=1S/C19H18ClNO4S/c20-15-6-4-13(5-7-15)17-12-26-9-8-21(17)19(24)14-2-1-3-16(10-14)25-11-18(22)23/h1-7,10,17H,8-9,11-12H2,(H,22,23). The Morgan fingerprint density at radius 3 is 2.73 bits per heavy atom. The number of ether oxygens (including phenoxy) is 1. The number of carbonyl (C=O) groups is 2. The lowest BCUT2D eigenvalue weighted by atomic mass is 10.0. The fraction of sp³-hybridized carbons (Fsp3) is 0.263. The summed E-state index contributed by atoms with van der Waals surface area (Å²) >= 11 is 7.79. The van der Waals surface area contributed by atoms with Gasteiger partial charge < -0.3 is 14.7 Å². The van der Waals surface area contributed by atoms with Crippen molar-refractivity contribution in [3.63, 3.8) is 0 Å². The molecule has 0 aromatic heterocycles. The number of halogens is 1. The minimum absolute atomic E-state index is 0.0258. The average Bonchev–Trinajstić information content (AvgIpc) is 2.67. The van der Waals surface area contributed by atoms with Gasteiger partial charge in [-0.2, -0.15) is 11.8 Å². The van der Waals surface area contributed by atoms with E-state index in [1.165, 1.54) is 0 Å². The molecule has 1 saturated heterocycles. The molecule has 1 unspecified atom stereocenters. The Hall–Kier alpha value is -2.18. The molecule has 5 nitrogen and oxygen atoms in total. The molecular weight excluding hydrogens is 374 g/mol. The van der Waals surface area contributed by atoms with Crippen LogP contribution in [0.5, 0.6) is 5.75 Å². The molecule has 1 amide bonds. The number of nitrogens with zero attached hydrogens (tertiary/aromatic N) is 1. The van der Waals surface area contributed by atoms with Crippen molar-refractivity contribution in [3.8, 4) is 5.75 Å². The van der Waals surface area contributed by atoms with Crippen LogP contribution in [0.4, 0.5) is 0 Å². The minimum Gasteiger partial charge on any atom is -0.482 e. The third-order valence-electron chi connectivity index (χ3n) is 4.09. The molecule has 1 aliphatic rings. The fourth-order valence-corrected chi connectivity index (χ4v) is 4.05. The molecule has 7 heteroatoms. The molecule has 0 spiro atoms. The summed E-state index contributed by atoms with van der Waals surface area (Å²) in [6.07, 6.45) is 0. The van der Waals surface area contributed by atoms with Crippen molar-refractivity contribution >= 4 is 35.2 Å². The van der Waals surface area contributed by atoms with Crippen LogP contribution in [0, 0.1) is 0 Å². The summed E-state index contributed by atoms with van der Waals surface area (Å²) in [6, 6.07) is 14.2. The van der Waals surface area contributed by atoms with E-state index in [2.05, 4.69) is 0 Å². The summed E-state index contributed by atoms with van der Waals surface area (Å²) < 4.78 is 5.18. The van der Waals surface area contributed by atoms with E-state index in [0.717, 1.165) is 17.1 Å². The first kappa shape index (κ1) is 18.6. The molecule has 0 saturated carbocycles. The van der Waals surface area contributed by atoms with Crippen molar-refractivity contribution in [2.45, 2.75) is 6.04 Å². The summed E-state index contributed by atoms with van der Waals surface area (Å²) in [4.78, 5) is 25.6. The SMILES string of the molecule is O=C(O)COc1cccc(C(=O)N2CCSCC2c2ccc(Cl)cc2)c1. The van der Waals surface area contributed by atoms with Crippen LogP contribution in [0.25, 0.3) is 0 Å². The lowest BCUT2D eigenvalue weighted by molar-refractivity contribution is -0.139. The van der Waals surface area contributed by atoms with Crippen LogP contribution in [0.1, 0.15) is 22.0 Å². The first-order valence-corrected chi connectivity index (χ1v) is 9.66. The maximum absolute atomic E-state index is 13.1. The highest BCUT2D eigenvalue weighted by Gasteiger charge is 2.29. The van der Waals surface area contributed by atoms with Crippen molar-refractivity contribution in [1.82, 2.24) is 4.90 Å².